The highest BCUT2D eigenvalue weighted by atomic mass is 32.2. The van der Waals surface area contributed by atoms with Gasteiger partial charge in [-0.25, -0.2) is 22.2 Å². The van der Waals surface area contributed by atoms with Gasteiger partial charge in [0.25, 0.3) is 0 Å². The second-order valence-corrected chi connectivity index (χ2v) is 9.50. The first-order valence-electron chi connectivity index (χ1n) is 10.7. The minimum atomic E-state index is -3.52. The summed E-state index contributed by atoms with van der Waals surface area (Å²) in [5, 5.41) is 7.50. The molecule has 0 atom stereocenters. The van der Waals surface area contributed by atoms with Crippen LogP contribution in [0.15, 0.2) is 96.0 Å². The summed E-state index contributed by atoms with van der Waals surface area (Å²) in [6.45, 7) is 0.210. The number of carbonyl (C=O) groups is 1. The number of hydrogen-bond acceptors (Lipinski definition) is 4. The molecule has 0 aliphatic carbocycles. The number of amides is 1. The number of hydrogen-bond donors (Lipinski definition) is 2. The summed E-state index contributed by atoms with van der Waals surface area (Å²) in [7, 11) is -2.17. The molecule has 0 fully saturated rings. The van der Waals surface area contributed by atoms with Gasteiger partial charge in [-0.05, 0) is 67.2 Å². The third-order valence-corrected chi connectivity index (χ3v) is 6.70. The van der Waals surface area contributed by atoms with Gasteiger partial charge in [0, 0.05) is 29.9 Å². The first-order chi connectivity index (χ1) is 16.9. The lowest BCUT2D eigenvalue weighted by molar-refractivity contribution is -0.116. The molecule has 0 saturated heterocycles. The molecule has 0 aliphatic heterocycles. The van der Waals surface area contributed by atoms with Crippen LogP contribution in [0, 0.1) is 5.82 Å². The van der Waals surface area contributed by atoms with Gasteiger partial charge in [-0.15, -0.1) is 0 Å². The molecule has 0 aliphatic rings. The smallest absolute Gasteiger partial charge is 0.244 e. The van der Waals surface area contributed by atoms with Crippen molar-refractivity contribution in [2.75, 3.05) is 7.05 Å². The minimum Gasteiger partial charge on any atom is -0.348 e. The predicted molar refractivity (Wildman–Crippen MR) is 133 cm³/mol. The Morgan fingerprint density at radius 3 is 2.34 bits per heavy atom. The molecule has 0 radical (unpaired) electrons. The number of aromatic nitrogens is 2. The van der Waals surface area contributed by atoms with E-state index in [2.05, 4.69) is 15.1 Å². The fourth-order valence-electron chi connectivity index (χ4n) is 3.39. The van der Waals surface area contributed by atoms with Crippen LogP contribution < -0.4 is 10.0 Å². The Morgan fingerprint density at radius 1 is 1.00 bits per heavy atom. The lowest BCUT2D eigenvalue weighted by atomic mass is 10.1. The van der Waals surface area contributed by atoms with E-state index in [0.29, 0.717) is 11.3 Å². The zero-order valence-corrected chi connectivity index (χ0v) is 19.7. The molecule has 9 heteroatoms. The Morgan fingerprint density at radius 2 is 1.69 bits per heavy atom. The highest BCUT2D eigenvalue weighted by Gasteiger charge is 2.13. The van der Waals surface area contributed by atoms with Crippen LogP contribution in [0.2, 0.25) is 0 Å². The van der Waals surface area contributed by atoms with Gasteiger partial charge in [-0.3, -0.25) is 4.79 Å². The van der Waals surface area contributed by atoms with E-state index in [9.17, 15) is 17.6 Å². The quantitative estimate of drug-likeness (QED) is 0.366. The van der Waals surface area contributed by atoms with E-state index in [4.69, 9.17) is 0 Å². The predicted octanol–water partition coefficient (Wildman–Crippen LogP) is 3.92. The Balaban J connectivity index is 1.50. The van der Waals surface area contributed by atoms with E-state index in [1.807, 2.05) is 36.5 Å². The summed E-state index contributed by atoms with van der Waals surface area (Å²) in [6, 6.07) is 21.8. The van der Waals surface area contributed by atoms with Gasteiger partial charge >= 0.3 is 0 Å². The van der Waals surface area contributed by atoms with E-state index < -0.39 is 10.0 Å². The zero-order valence-electron chi connectivity index (χ0n) is 18.9. The number of nitrogens with one attached hydrogen (secondary N) is 2. The Bertz CT molecular complexity index is 1450. The van der Waals surface area contributed by atoms with Crippen molar-refractivity contribution in [1.29, 1.82) is 0 Å². The Kier molecular flexibility index (Phi) is 7.19. The Hall–Kier alpha value is -4.08. The molecule has 0 spiro atoms. The summed E-state index contributed by atoms with van der Waals surface area (Å²) in [5.41, 5.74) is 3.68. The van der Waals surface area contributed by atoms with Crippen LogP contribution in [-0.4, -0.2) is 31.2 Å². The number of nitrogens with zero attached hydrogens (tertiary/aromatic N) is 2. The largest absolute Gasteiger partial charge is 0.348 e. The number of para-hydroxylation sites is 1. The molecule has 1 amide bonds. The molecule has 4 rings (SSSR count). The normalized spacial score (nSPS) is 11.6. The third-order valence-electron chi connectivity index (χ3n) is 5.27. The van der Waals surface area contributed by atoms with E-state index >= 15 is 0 Å². The van der Waals surface area contributed by atoms with Gasteiger partial charge in [0.05, 0.1) is 16.3 Å². The number of rotatable bonds is 8. The van der Waals surface area contributed by atoms with Gasteiger partial charge in [0.1, 0.15) is 5.82 Å². The lowest BCUT2D eigenvalue weighted by Gasteiger charge is -2.04. The first kappa shape index (κ1) is 24.1. The van der Waals surface area contributed by atoms with Crippen molar-refractivity contribution in [2.45, 2.75) is 11.4 Å². The number of halogens is 1. The van der Waals surface area contributed by atoms with Crippen LogP contribution in [-0.2, 0) is 21.4 Å². The fraction of sp³-hybridized carbons (Fsp3) is 0.0769. The fourth-order valence-corrected chi connectivity index (χ4v) is 4.12. The summed E-state index contributed by atoms with van der Waals surface area (Å²) in [4.78, 5) is 12.6. The molecule has 35 heavy (non-hydrogen) atoms. The molecule has 178 valence electrons. The third kappa shape index (κ3) is 5.89. The summed E-state index contributed by atoms with van der Waals surface area (Å²) < 4.78 is 41.0. The van der Waals surface area contributed by atoms with Gasteiger partial charge in [0.15, 0.2) is 0 Å². The standard InChI is InChI=1S/C26H23FN4O3S/c1-28-35(33,34)24-14-7-19(8-15-24)9-16-25(32)29-17-21-18-31(23-5-3-2-4-6-23)30-26(21)20-10-12-22(27)13-11-20/h2-16,18,28H,17H2,1H3,(H,29,32)/b16-9+. The maximum Gasteiger partial charge on any atom is 0.244 e. The van der Waals surface area contributed by atoms with Crippen molar-refractivity contribution in [3.63, 3.8) is 0 Å². The van der Waals surface area contributed by atoms with Crippen molar-refractivity contribution in [1.82, 2.24) is 19.8 Å². The van der Waals surface area contributed by atoms with Crippen molar-refractivity contribution < 1.29 is 17.6 Å². The van der Waals surface area contributed by atoms with Crippen LogP contribution in [0.1, 0.15) is 11.1 Å². The SMILES string of the molecule is CNS(=O)(=O)c1ccc(/C=C/C(=O)NCc2cn(-c3ccccc3)nc2-c2ccc(F)cc2)cc1. The topological polar surface area (TPSA) is 93.1 Å². The molecule has 2 N–H and O–H groups in total. The molecule has 3 aromatic carbocycles. The molecule has 0 unspecified atom stereocenters. The second kappa shape index (κ2) is 10.5. The van der Waals surface area contributed by atoms with Crippen molar-refractivity contribution in [2.24, 2.45) is 0 Å². The van der Waals surface area contributed by atoms with Crippen LogP contribution in [0.25, 0.3) is 23.0 Å². The van der Waals surface area contributed by atoms with E-state index in [0.717, 1.165) is 16.8 Å². The summed E-state index contributed by atoms with van der Waals surface area (Å²) >= 11 is 0. The summed E-state index contributed by atoms with van der Waals surface area (Å²) in [6.07, 6.45) is 4.80. The van der Waals surface area contributed by atoms with Crippen molar-refractivity contribution in [3.05, 3.63) is 108 Å². The van der Waals surface area contributed by atoms with E-state index in [-0.39, 0.29) is 23.2 Å². The molecular weight excluding hydrogens is 467 g/mol. The molecular formula is C26H23FN4O3S. The maximum absolute atomic E-state index is 13.4. The van der Waals surface area contributed by atoms with Gasteiger partial charge in [-0.2, -0.15) is 5.10 Å². The average molecular weight is 491 g/mol. The van der Waals surface area contributed by atoms with E-state index in [1.165, 1.54) is 37.4 Å². The number of carbonyl (C=O) groups excluding carboxylic acids is 1. The second-order valence-electron chi connectivity index (χ2n) is 7.62. The van der Waals surface area contributed by atoms with Gasteiger partial charge < -0.3 is 5.32 Å². The van der Waals surface area contributed by atoms with Gasteiger partial charge in [-0.1, -0.05) is 30.3 Å². The van der Waals surface area contributed by atoms with Crippen molar-refractivity contribution >= 4 is 22.0 Å². The molecule has 0 bridgehead atoms. The number of benzene rings is 3. The van der Waals surface area contributed by atoms with Crippen molar-refractivity contribution in [3.8, 4) is 16.9 Å². The van der Waals surface area contributed by atoms with Crippen LogP contribution >= 0.6 is 0 Å². The van der Waals surface area contributed by atoms with Crippen LogP contribution in [0.3, 0.4) is 0 Å². The monoisotopic (exact) mass is 490 g/mol. The molecule has 1 aromatic heterocycles. The van der Waals surface area contributed by atoms with Crippen LogP contribution in [0.4, 0.5) is 4.39 Å². The maximum atomic E-state index is 13.4. The molecule has 1 heterocycles. The highest BCUT2D eigenvalue weighted by molar-refractivity contribution is 7.89. The number of sulfonamides is 1. The Labute approximate surface area is 203 Å². The molecule has 4 aromatic rings. The first-order valence-corrected chi connectivity index (χ1v) is 12.2. The van der Waals surface area contributed by atoms with Gasteiger partial charge in [0.2, 0.25) is 15.9 Å². The highest BCUT2D eigenvalue weighted by Crippen LogP contribution is 2.24. The minimum absolute atomic E-state index is 0.144. The van der Waals surface area contributed by atoms with Crippen LogP contribution in [0.5, 0.6) is 0 Å². The zero-order chi connectivity index (χ0) is 24.8. The lowest BCUT2D eigenvalue weighted by Crippen LogP contribution is -2.20. The average Bonchev–Trinajstić information content (AvgIpc) is 3.32. The summed E-state index contributed by atoms with van der Waals surface area (Å²) in [5.74, 6) is -0.665. The molecule has 7 nitrogen and oxygen atoms in total. The van der Waals surface area contributed by atoms with E-state index in [1.54, 1.807) is 35.0 Å². The molecule has 0 saturated carbocycles.